The van der Waals surface area contributed by atoms with Crippen LogP contribution in [0.4, 0.5) is 23.5 Å². The molecule has 0 aliphatic rings. The molecule has 12 nitrogen and oxygen atoms in total. The van der Waals surface area contributed by atoms with Crippen molar-refractivity contribution in [1.82, 2.24) is 19.9 Å². The number of nitrogen functional groups attached to an aromatic ring is 2. The molecule has 0 saturated heterocycles. The SMILES string of the molecule is [2H]C([2H])([2H])N(CCCNc1nc(N)c2cc(OC)c(OC)cc2n1)c1nc(N)c2cc(OC)c(OC)cc2n1. The van der Waals surface area contributed by atoms with E-state index < -0.39 is 6.98 Å². The molecule has 0 fully saturated rings. The van der Waals surface area contributed by atoms with E-state index in [0.717, 1.165) is 4.90 Å². The summed E-state index contributed by atoms with van der Waals surface area (Å²) in [6, 6.07) is 6.70. The third-order valence-electron chi connectivity index (χ3n) is 5.53. The predicted molar refractivity (Wildman–Crippen MR) is 140 cm³/mol. The minimum absolute atomic E-state index is 0.0283. The molecule has 0 aliphatic carbocycles. The van der Waals surface area contributed by atoms with Crippen molar-refractivity contribution in [2.24, 2.45) is 0 Å². The summed E-state index contributed by atoms with van der Waals surface area (Å²) in [5.41, 5.74) is 13.3. The highest BCUT2D eigenvalue weighted by Crippen LogP contribution is 2.35. The Morgan fingerprint density at radius 3 is 1.86 bits per heavy atom. The molecule has 0 unspecified atom stereocenters. The highest BCUT2D eigenvalue weighted by Gasteiger charge is 2.14. The lowest BCUT2D eigenvalue weighted by Gasteiger charge is -2.19. The zero-order valence-electron chi connectivity index (χ0n) is 23.5. The van der Waals surface area contributed by atoms with E-state index in [1.807, 2.05) is 0 Å². The molecule has 190 valence electrons. The number of anilines is 4. The number of ether oxygens (including phenoxy) is 4. The van der Waals surface area contributed by atoms with E-state index in [9.17, 15) is 0 Å². The number of aromatic nitrogens is 4. The maximum Gasteiger partial charge on any atom is 0.227 e. The molecule has 0 aliphatic heterocycles. The van der Waals surface area contributed by atoms with E-state index in [0.29, 0.717) is 63.7 Å². The summed E-state index contributed by atoms with van der Waals surface area (Å²) in [5, 5.41) is 4.23. The van der Waals surface area contributed by atoms with Gasteiger partial charge in [0.2, 0.25) is 11.9 Å². The van der Waals surface area contributed by atoms with Gasteiger partial charge < -0.3 is 40.6 Å². The van der Waals surface area contributed by atoms with Crippen LogP contribution < -0.4 is 40.6 Å². The van der Waals surface area contributed by atoms with Crippen molar-refractivity contribution < 1.29 is 23.1 Å². The number of nitrogens with two attached hydrogens (primary N) is 2. The summed E-state index contributed by atoms with van der Waals surface area (Å²) >= 11 is 0. The third-order valence-corrected chi connectivity index (χ3v) is 5.53. The van der Waals surface area contributed by atoms with Gasteiger partial charge in [-0.3, -0.25) is 0 Å². The molecular weight excluding hydrogens is 464 g/mol. The molecule has 36 heavy (non-hydrogen) atoms. The molecular formula is C24H30N8O4. The molecule has 2 heterocycles. The topological polar surface area (TPSA) is 156 Å². The number of benzene rings is 2. The highest BCUT2D eigenvalue weighted by molar-refractivity contribution is 5.92. The maximum atomic E-state index is 8.05. The molecule has 2 aromatic carbocycles. The average Bonchev–Trinajstić information content (AvgIpc) is 2.90. The van der Waals surface area contributed by atoms with E-state index >= 15 is 0 Å². The fourth-order valence-electron chi connectivity index (χ4n) is 3.68. The van der Waals surface area contributed by atoms with Gasteiger partial charge in [-0.05, 0) is 18.6 Å². The molecule has 4 rings (SSSR count). The Labute approximate surface area is 212 Å². The van der Waals surface area contributed by atoms with Crippen LogP contribution in [0.5, 0.6) is 23.0 Å². The minimum atomic E-state index is -2.52. The number of nitrogens with one attached hydrogen (secondary N) is 1. The van der Waals surface area contributed by atoms with Gasteiger partial charge in [0.1, 0.15) is 11.6 Å². The van der Waals surface area contributed by atoms with Gasteiger partial charge in [-0.25, -0.2) is 9.97 Å². The zero-order chi connectivity index (χ0) is 28.3. The summed E-state index contributed by atoms with van der Waals surface area (Å²) in [6.07, 6.45) is 0.388. The first-order valence-corrected chi connectivity index (χ1v) is 11.0. The Balaban J connectivity index is 1.53. The number of hydrogen-bond acceptors (Lipinski definition) is 12. The number of nitrogens with zero attached hydrogens (tertiary/aromatic N) is 5. The highest BCUT2D eigenvalue weighted by atomic mass is 16.5. The van der Waals surface area contributed by atoms with Crippen LogP contribution in [0, 0.1) is 0 Å². The molecule has 0 amide bonds. The van der Waals surface area contributed by atoms with Crippen LogP contribution >= 0.6 is 0 Å². The Kier molecular flexibility index (Phi) is 6.04. The van der Waals surface area contributed by atoms with E-state index in [1.165, 1.54) is 28.4 Å². The second kappa shape index (κ2) is 10.4. The van der Waals surface area contributed by atoms with Crippen LogP contribution in [0.1, 0.15) is 10.5 Å². The van der Waals surface area contributed by atoms with E-state index in [4.69, 9.17) is 34.5 Å². The van der Waals surface area contributed by atoms with Crippen LogP contribution in [0.3, 0.4) is 0 Å². The summed E-state index contributed by atoms with van der Waals surface area (Å²) in [7, 11) is 6.07. The van der Waals surface area contributed by atoms with Crippen molar-refractivity contribution in [2.75, 3.05) is 70.2 Å². The second-order valence-corrected chi connectivity index (χ2v) is 7.72. The number of methoxy groups -OCH3 is 4. The largest absolute Gasteiger partial charge is 0.493 e. The summed E-state index contributed by atoms with van der Waals surface area (Å²) < 4.78 is 45.5. The standard InChI is InChI=1S/C24H30N8O4/c1-32(24-29-16-12-20(36-5)18(34-3)10-14(16)22(26)31-24)8-6-7-27-23-28-15-11-19(35-4)17(33-2)9-13(15)21(25)30-23/h9-12H,6-8H2,1-5H3,(H2,26,29,31)(H3,25,27,28,30)/i1D3. The van der Waals surface area contributed by atoms with Crippen LogP contribution in [0.15, 0.2) is 24.3 Å². The Bertz CT molecular complexity index is 1500. The number of hydrogen-bond donors (Lipinski definition) is 3. The lowest BCUT2D eigenvalue weighted by Crippen LogP contribution is -2.23. The molecule has 12 heteroatoms. The fraction of sp³-hybridized carbons (Fsp3) is 0.333. The van der Waals surface area contributed by atoms with Crippen molar-refractivity contribution in [3.05, 3.63) is 24.3 Å². The van der Waals surface area contributed by atoms with Gasteiger partial charge in [-0.15, -0.1) is 0 Å². The second-order valence-electron chi connectivity index (χ2n) is 7.72. The van der Waals surface area contributed by atoms with Crippen molar-refractivity contribution in [3.63, 3.8) is 0 Å². The summed E-state index contributed by atoms with van der Waals surface area (Å²) in [6.45, 7) is -2.08. The summed E-state index contributed by atoms with van der Waals surface area (Å²) in [5.74, 6) is 2.56. The van der Waals surface area contributed by atoms with Gasteiger partial charge in [-0.2, -0.15) is 9.97 Å². The first-order valence-electron chi connectivity index (χ1n) is 12.5. The zero-order valence-corrected chi connectivity index (χ0v) is 20.5. The van der Waals surface area contributed by atoms with Crippen LogP contribution in [-0.2, 0) is 0 Å². The minimum Gasteiger partial charge on any atom is -0.493 e. The molecule has 0 radical (unpaired) electrons. The van der Waals surface area contributed by atoms with Crippen LogP contribution in [0.25, 0.3) is 21.8 Å². The normalized spacial score (nSPS) is 12.5. The average molecular weight is 498 g/mol. The van der Waals surface area contributed by atoms with Gasteiger partial charge in [0.15, 0.2) is 23.0 Å². The lowest BCUT2D eigenvalue weighted by atomic mass is 10.2. The van der Waals surface area contributed by atoms with Gasteiger partial charge >= 0.3 is 0 Å². The lowest BCUT2D eigenvalue weighted by molar-refractivity contribution is 0.356. The first-order chi connectivity index (χ1) is 18.6. The Hall–Kier alpha value is -4.48. The molecule has 0 saturated carbocycles. The number of fused-ring (bicyclic) bond motifs is 2. The summed E-state index contributed by atoms with van der Waals surface area (Å²) in [4.78, 5) is 18.6. The fourth-order valence-corrected chi connectivity index (χ4v) is 3.68. The third kappa shape index (κ3) is 4.83. The molecule has 0 spiro atoms. The predicted octanol–water partition coefficient (Wildman–Crippen LogP) is 2.71. The van der Waals surface area contributed by atoms with Crippen molar-refractivity contribution in [1.29, 1.82) is 0 Å². The van der Waals surface area contributed by atoms with E-state index in [2.05, 4.69) is 25.3 Å². The molecule has 4 aromatic rings. The van der Waals surface area contributed by atoms with E-state index in [1.54, 1.807) is 24.3 Å². The van der Waals surface area contributed by atoms with Crippen LogP contribution in [-0.4, -0.2) is 68.4 Å². The van der Waals surface area contributed by atoms with Gasteiger partial charge in [0.25, 0.3) is 0 Å². The molecule has 5 N–H and O–H groups in total. The Morgan fingerprint density at radius 1 is 0.778 bits per heavy atom. The maximum absolute atomic E-state index is 8.05. The molecule has 0 bridgehead atoms. The number of rotatable bonds is 10. The van der Waals surface area contributed by atoms with Crippen molar-refractivity contribution in [3.8, 4) is 23.0 Å². The van der Waals surface area contributed by atoms with Gasteiger partial charge in [0, 0.05) is 47.1 Å². The first kappa shape index (κ1) is 20.9. The van der Waals surface area contributed by atoms with Crippen LogP contribution in [0.2, 0.25) is 0 Å². The van der Waals surface area contributed by atoms with E-state index in [-0.39, 0.29) is 24.1 Å². The van der Waals surface area contributed by atoms with Crippen molar-refractivity contribution in [2.45, 2.75) is 6.42 Å². The Morgan fingerprint density at radius 2 is 1.31 bits per heavy atom. The smallest absolute Gasteiger partial charge is 0.227 e. The molecule has 0 atom stereocenters. The van der Waals surface area contributed by atoms with Crippen molar-refractivity contribution >= 4 is 45.3 Å². The monoisotopic (exact) mass is 497 g/mol. The quantitative estimate of drug-likeness (QED) is 0.276. The molecule has 2 aromatic heterocycles. The van der Waals surface area contributed by atoms with Gasteiger partial charge in [0.05, 0.1) is 39.5 Å². The van der Waals surface area contributed by atoms with Gasteiger partial charge in [-0.1, -0.05) is 0 Å².